The highest BCUT2D eigenvalue weighted by Crippen LogP contribution is 2.37. The van der Waals surface area contributed by atoms with E-state index in [1.165, 1.54) is 24.1 Å². The number of pyridine rings is 1. The molecular weight excluding hydrogens is 441 g/mol. The summed E-state index contributed by atoms with van der Waals surface area (Å²) in [6.45, 7) is 1.42. The highest BCUT2D eigenvalue weighted by Gasteiger charge is 2.34. The molecule has 1 N–H and O–H groups in total. The number of aromatic nitrogens is 1. The van der Waals surface area contributed by atoms with E-state index in [0.717, 1.165) is 16.5 Å². The minimum Gasteiger partial charge on any atom is -0.321 e. The number of benzene rings is 3. The quantitative estimate of drug-likeness (QED) is 0.428. The van der Waals surface area contributed by atoms with Gasteiger partial charge in [0.15, 0.2) is 0 Å². The molecule has 5 rings (SSSR count). The first kappa shape index (κ1) is 21.1. The minimum absolute atomic E-state index is 0.263. The van der Waals surface area contributed by atoms with Crippen molar-refractivity contribution in [3.05, 3.63) is 105 Å². The zero-order chi connectivity index (χ0) is 23.1. The Bertz CT molecular complexity index is 1460. The molecule has 7 heteroatoms. The Hall–Kier alpha value is -3.77. The van der Waals surface area contributed by atoms with Crippen molar-refractivity contribution in [2.24, 2.45) is 5.10 Å². The third-order valence-electron chi connectivity index (χ3n) is 5.82. The number of carbonyl (C=O) groups excluding carboxylic acids is 1. The van der Waals surface area contributed by atoms with Crippen LogP contribution in [0.1, 0.15) is 30.5 Å². The molecule has 2 heterocycles. The molecule has 1 aliphatic heterocycles. The summed E-state index contributed by atoms with van der Waals surface area (Å²) in [4.78, 5) is 28.7. The largest absolute Gasteiger partial charge is 0.321 e. The first-order valence-electron chi connectivity index (χ1n) is 10.5. The van der Waals surface area contributed by atoms with Crippen LogP contribution in [0.3, 0.4) is 0 Å². The fraction of sp³-hybridized carbons (Fsp3) is 0.115. The zero-order valence-corrected chi connectivity index (χ0v) is 18.4. The third-order valence-corrected chi connectivity index (χ3v) is 6.05. The van der Waals surface area contributed by atoms with Gasteiger partial charge in [0, 0.05) is 34.8 Å². The predicted molar refractivity (Wildman–Crippen MR) is 128 cm³/mol. The molecule has 0 radical (unpaired) electrons. The normalized spacial score (nSPS) is 15.7. The lowest BCUT2D eigenvalue weighted by Gasteiger charge is -2.20. The van der Waals surface area contributed by atoms with Gasteiger partial charge in [-0.25, -0.2) is 9.40 Å². The van der Waals surface area contributed by atoms with Crippen molar-refractivity contribution in [3.63, 3.8) is 0 Å². The van der Waals surface area contributed by atoms with Crippen molar-refractivity contribution in [1.82, 2.24) is 9.99 Å². The molecule has 3 aromatic carbocycles. The number of halogens is 2. The molecule has 0 spiro atoms. The Labute approximate surface area is 194 Å². The lowest BCUT2D eigenvalue weighted by molar-refractivity contribution is -0.130. The van der Waals surface area contributed by atoms with Crippen LogP contribution in [0.5, 0.6) is 0 Å². The van der Waals surface area contributed by atoms with Gasteiger partial charge in [0.2, 0.25) is 5.91 Å². The molecule has 0 saturated heterocycles. The number of H-pyrrole nitrogens is 1. The van der Waals surface area contributed by atoms with Crippen molar-refractivity contribution >= 4 is 34.1 Å². The van der Waals surface area contributed by atoms with E-state index in [1.807, 2.05) is 36.4 Å². The second-order valence-corrected chi connectivity index (χ2v) is 8.38. The van der Waals surface area contributed by atoms with Crippen LogP contribution in [0.15, 0.2) is 82.7 Å². The Morgan fingerprint density at radius 1 is 1.06 bits per heavy atom. The van der Waals surface area contributed by atoms with Gasteiger partial charge in [-0.05, 0) is 41.5 Å². The number of nitrogens with zero attached hydrogens (tertiary/aromatic N) is 2. The maximum atomic E-state index is 13.5. The summed E-state index contributed by atoms with van der Waals surface area (Å²) >= 11 is 6.30. The fourth-order valence-electron chi connectivity index (χ4n) is 4.34. The average Bonchev–Trinajstić information content (AvgIpc) is 3.25. The van der Waals surface area contributed by atoms with E-state index in [4.69, 9.17) is 11.6 Å². The first-order chi connectivity index (χ1) is 15.9. The van der Waals surface area contributed by atoms with E-state index < -0.39 is 6.04 Å². The number of aromatic amines is 1. The number of carbonyl (C=O) groups is 1. The standard InChI is InChI=1S/C26H19ClFN3O2/c1-15(32)31-23(16-7-10-19(28)11-8-16)14-22(30-31)25-24(17-5-3-2-4-6-17)20-13-18(27)9-12-21(20)29-26(25)33/h2-13,23H,14H2,1H3,(H,29,33). The van der Waals surface area contributed by atoms with Crippen LogP contribution < -0.4 is 5.56 Å². The van der Waals surface area contributed by atoms with Gasteiger partial charge >= 0.3 is 0 Å². The molecular formula is C26H19ClFN3O2. The summed E-state index contributed by atoms with van der Waals surface area (Å²) in [5.74, 6) is -0.623. The van der Waals surface area contributed by atoms with Crippen LogP contribution in [-0.2, 0) is 4.79 Å². The molecule has 5 nitrogen and oxygen atoms in total. The average molecular weight is 460 g/mol. The van der Waals surface area contributed by atoms with Crippen molar-refractivity contribution in [2.75, 3.05) is 0 Å². The zero-order valence-electron chi connectivity index (χ0n) is 17.7. The molecule has 0 aliphatic carbocycles. The number of fused-ring (bicyclic) bond motifs is 1. The molecule has 1 amide bonds. The molecule has 0 bridgehead atoms. The summed E-state index contributed by atoms with van der Waals surface area (Å²) < 4.78 is 13.5. The summed E-state index contributed by atoms with van der Waals surface area (Å²) in [7, 11) is 0. The molecule has 33 heavy (non-hydrogen) atoms. The molecule has 0 fully saturated rings. The van der Waals surface area contributed by atoms with E-state index in [1.54, 1.807) is 24.3 Å². The van der Waals surface area contributed by atoms with E-state index in [0.29, 0.717) is 33.8 Å². The highest BCUT2D eigenvalue weighted by molar-refractivity contribution is 6.31. The van der Waals surface area contributed by atoms with Gasteiger partial charge in [-0.1, -0.05) is 54.1 Å². The fourth-order valence-corrected chi connectivity index (χ4v) is 4.51. The third kappa shape index (κ3) is 3.83. The van der Waals surface area contributed by atoms with E-state index >= 15 is 0 Å². The number of nitrogens with one attached hydrogen (secondary N) is 1. The van der Waals surface area contributed by atoms with Crippen LogP contribution in [0.2, 0.25) is 5.02 Å². The van der Waals surface area contributed by atoms with Gasteiger partial charge in [-0.3, -0.25) is 9.59 Å². The second-order valence-electron chi connectivity index (χ2n) is 7.94. The van der Waals surface area contributed by atoms with Crippen molar-refractivity contribution < 1.29 is 9.18 Å². The summed E-state index contributed by atoms with van der Waals surface area (Å²) in [5, 5.41) is 7.25. The topological polar surface area (TPSA) is 65.5 Å². The van der Waals surface area contributed by atoms with E-state index in [-0.39, 0.29) is 17.3 Å². The van der Waals surface area contributed by atoms with Gasteiger partial charge in [0.25, 0.3) is 5.56 Å². The van der Waals surface area contributed by atoms with Gasteiger partial charge in [0.1, 0.15) is 5.82 Å². The van der Waals surface area contributed by atoms with Crippen molar-refractivity contribution in [3.8, 4) is 11.1 Å². The lowest BCUT2D eigenvalue weighted by atomic mass is 9.91. The van der Waals surface area contributed by atoms with Crippen LogP contribution in [0, 0.1) is 5.82 Å². The SMILES string of the molecule is CC(=O)N1N=C(c2c(-c3ccccc3)c3cc(Cl)ccc3[nH]c2=O)CC1c1ccc(F)cc1. The molecule has 1 unspecified atom stereocenters. The Balaban J connectivity index is 1.74. The lowest BCUT2D eigenvalue weighted by Crippen LogP contribution is -2.24. The summed E-state index contributed by atoms with van der Waals surface area (Å²) in [6, 6.07) is 20.4. The smallest absolute Gasteiger partial charge is 0.258 e. The maximum absolute atomic E-state index is 13.5. The Morgan fingerprint density at radius 2 is 1.79 bits per heavy atom. The second kappa shape index (κ2) is 8.30. The highest BCUT2D eigenvalue weighted by atomic mass is 35.5. The molecule has 1 atom stereocenters. The number of amides is 1. The molecule has 4 aromatic rings. The Kier molecular flexibility index (Phi) is 5.30. The predicted octanol–water partition coefficient (Wildman–Crippen LogP) is 5.69. The van der Waals surface area contributed by atoms with Crippen LogP contribution in [0.4, 0.5) is 4.39 Å². The van der Waals surface area contributed by atoms with Crippen LogP contribution in [0.25, 0.3) is 22.0 Å². The van der Waals surface area contributed by atoms with Gasteiger partial charge in [-0.15, -0.1) is 0 Å². The Morgan fingerprint density at radius 3 is 2.48 bits per heavy atom. The molecule has 164 valence electrons. The molecule has 1 aliphatic rings. The number of hydrazone groups is 1. The minimum atomic E-state index is -0.434. The van der Waals surface area contributed by atoms with E-state index in [2.05, 4.69) is 10.1 Å². The first-order valence-corrected chi connectivity index (χ1v) is 10.8. The van der Waals surface area contributed by atoms with Gasteiger partial charge < -0.3 is 4.98 Å². The number of rotatable bonds is 3. The van der Waals surface area contributed by atoms with Crippen molar-refractivity contribution in [1.29, 1.82) is 0 Å². The summed E-state index contributed by atoms with van der Waals surface area (Å²) in [5.41, 5.74) is 3.53. The van der Waals surface area contributed by atoms with Crippen molar-refractivity contribution in [2.45, 2.75) is 19.4 Å². The molecule has 0 saturated carbocycles. The monoisotopic (exact) mass is 459 g/mol. The maximum Gasteiger partial charge on any atom is 0.258 e. The summed E-state index contributed by atoms with van der Waals surface area (Å²) in [6.07, 6.45) is 0.320. The van der Waals surface area contributed by atoms with Crippen LogP contribution in [-0.4, -0.2) is 21.6 Å². The number of hydrogen-bond acceptors (Lipinski definition) is 3. The van der Waals surface area contributed by atoms with Crippen LogP contribution >= 0.6 is 11.6 Å². The van der Waals surface area contributed by atoms with E-state index in [9.17, 15) is 14.0 Å². The number of hydrogen-bond donors (Lipinski definition) is 1. The van der Waals surface area contributed by atoms with Gasteiger partial charge in [0.05, 0.1) is 17.3 Å². The molecule has 1 aromatic heterocycles. The van der Waals surface area contributed by atoms with Gasteiger partial charge in [-0.2, -0.15) is 5.10 Å².